The molecule has 0 bridgehead atoms. The first kappa shape index (κ1) is 10.6. The topological polar surface area (TPSA) is 15.7 Å². The predicted octanol–water partition coefficient (Wildman–Crippen LogP) is 1.44. The van der Waals surface area contributed by atoms with Gasteiger partial charge in [0.25, 0.3) is 0 Å². The maximum absolute atomic E-state index is 5.42. The van der Waals surface area contributed by atoms with Gasteiger partial charge in [-0.1, -0.05) is 6.08 Å². The van der Waals surface area contributed by atoms with Gasteiger partial charge in [0.2, 0.25) is 0 Å². The zero-order valence-electron chi connectivity index (χ0n) is 9.70. The summed E-state index contributed by atoms with van der Waals surface area (Å²) in [5.74, 6) is 1.06. The summed E-state index contributed by atoms with van der Waals surface area (Å²) in [4.78, 5) is 4.85. The summed E-state index contributed by atoms with van der Waals surface area (Å²) in [6.45, 7) is 4.58. The van der Waals surface area contributed by atoms with Gasteiger partial charge in [-0.05, 0) is 26.0 Å². The van der Waals surface area contributed by atoms with E-state index in [0.717, 1.165) is 44.8 Å². The second-order valence-corrected chi connectivity index (χ2v) is 4.25. The number of allylic oxidation sites excluding steroid dienone is 3. The Hall–Kier alpha value is -0.960. The van der Waals surface area contributed by atoms with Crippen LogP contribution in [-0.4, -0.2) is 50.1 Å². The number of nitrogens with zero attached hydrogens (tertiary/aromatic N) is 2. The first-order valence-electron chi connectivity index (χ1n) is 5.68. The number of piperazine rings is 1. The van der Waals surface area contributed by atoms with Gasteiger partial charge in [-0.3, -0.25) is 0 Å². The molecule has 3 nitrogen and oxygen atoms in total. The monoisotopic (exact) mass is 208 g/mol. The van der Waals surface area contributed by atoms with E-state index in [1.54, 1.807) is 7.11 Å². The number of ether oxygens (including phenoxy) is 1. The summed E-state index contributed by atoms with van der Waals surface area (Å²) in [6.07, 6.45) is 6.58. The molecule has 3 heteroatoms. The highest BCUT2D eigenvalue weighted by Gasteiger charge is 2.20. The van der Waals surface area contributed by atoms with Crippen LogP contribution in [-0.2, 0) is 4.74 Å². The lowest BCUT2D eigenvalue weighted by Gasteiger charge is -2.36. The third kappa shape index (κ3) is 2.34. The van der Waals surface area contributed by atoms with Gasteiger partial charge in [0, 0.05) is 26.2 Å². The standard InChI is InChI=1S/C12H20N2O/c1-13-7-9-14(10-8-13)11-5-3-4-6-12(11)15-2/h4,6H,3,5,7-10H2,1-2H3. The van der Waals surface area contributed by atoms with Gasteiger partial charge in [-0.2, -0.15) is 0 Å². The van der Waals surface area contributed by atoms with Crippen molar-refractivity contribution in [2.75, 3.05) is 40.3 Å². The van der Waals surface area contributed by atoms with Crippen molar-refractivity contribution in [3.05, 3.63) is 23.6 Å². The van der Waals surface area contributed by atoms with Crippen LogP contribution in [0.15, 0.2) is 23.6 Å². The van der Waals surface area contributed by atoms with E-state index in [4.69, 9.17) is 4.74 Å². The zero-order chi connectivity index (χ0) is 10.7. The zero-order valence-corrected chi connectivity index (χ0v) is 9.70. The largest absolute Gasteiger partial charge is 0.495 e. The Labute approximate surface area is 92.0 Å². The van der Waals surface area contributed by atoms with Gasteiger partial charge in [0.15, 0.2) is 0 Å². The van der Waals surface area contributed by atoms with Gasteiger partial charge in [0.1, 0.15) is 5.76 Å². The van der Waals surface area contributed by atoms with Gasteiger partial charge in [0.05, 0.1) is 12.8 Å². The summed E-state index contributed by atoms with van der Waals surface area (Å²) in [7, 11) is 3.95. The lowest BCUT2D eigenvalue weighted by molar-refractivity contribution is 0.170. The first-order valence-corrected chi connectivity index (χ1v) is 5.68. The molecule has 2 rings (SSSR count). The van der Waals surface area contributed by atoms with Crippen molar-refractivity contribution in [1.82, 2.24) is 9.80 Å². The van der Waals surface area contributed by atoms with Gasteiger partial charge in [-0.15, -0.1) is 0 Å². The fraction of sp³-hybridized carbons (Fsp3) is 0.667. The van der Waals surface area contributed by atoms with Crippen LogP contribution >= 0.6 is 0 Å². The van der Waals surface area contributed by atoms with E-state index in [1.165, 1.54) is 5.70 Å². The molecule has 1 fully saturated rings. The normalized spacial score (nSPS) is 23.5. The maximum Gasteiger partial charge on any atom is 0.137 e. The summed E-state index contributed by atoms with van der Waals surface area (Å²) >= 11 is 0. The molecule has 0 aromatic carbocycles. The smallest absolute Gasteiger partial charge is 0.137 e. The second kappa shape index (κ2) is 4.71. The minimum absolute atomic E-state index is 1.06. The molecule has 1 aliphatic carbocycles. The average molecular weight is 208 g/mol. The van der Waals surface area contributed by atoms with E-state index in [0.29, 0.717) is 0 Å². The van der Waals surface area contributed by atoms with Crippen LogP contribution in [0.25, 0.3) is 0 Å². The second-order valence-electron chi connectivity index (χ2n) is 4.25. The van der Waals surface area contributed by atoms with E-state index in [1.807, 2.05) is 0 Å². The number of hydrogen-bond acceptors (Lipinski definition) is 3. The van der Waals surface area contributed by atoms with Crippen LogP contribution in [0.5, 0.6) is 0 Å². The molecular weight excluding hydrogens is 188 g/mol. The van der Waals surface area contributed by atoms with E-state index in [2.05, 4.69) is 29.0 Å². The maximum atomic E-state index is 5.42. The Bertz CT molecular complexity index is 275. The highest BCUT2D eigenvalue weighted by molar-refractivity contribution is 5.24. The van der Waals surface area contributed by atoms with E-state index < -0.39 is 0 Å². The van der Waals surface area contributed by atoms with Crippen LogP contribution in [0.3, 0.4) is 0 Å². The molecule has 0 atom stereocenters. The van der Waals surface area contributed by atoms with E-state index in [-0.39, 0.29) is 0 Å². The lowest BCUT2D eigenvalue weighted by Crippen LogP contribution is -2.44. The third-order valence-corrected chi connectivity index (χ3v) is 3.21. The van der Waals surface area contributed by atoms with E-state index in [9.17, 15) is 0 Å². The van der Waals surface area contributed by atoms with Crippen molar-refractivity contribution in [3.8, 4) is 0 Å². The van der Waals surface area contributed by atoms with Crippen molar-refractivity contribution in [1.29, 1.82) is 0 Å². The molecule has 0 saturated carbocycles. The number of hydrogen-bond donors (Lipinski definition) is 0. The summed E-state index contributed by atoms with van der Waals surface area (Å²) in [5, 5.41) is 0. The molecule has 0 aromatic heterocycles. The molecule has 84 valence electrons. The highest BCUT2D eigenvalue weighted by Crippen LogP contribution is 2.23. The van der Waals surface area contributed by atoms with Crippen LogP contribution in [0.1, 0.15) is 12.8 Å². The predicted molar refractivity (Wildman–Crippen MR) is 61.5 cm³/mol. The molecular formula is C12H20N2O. The van der Waals surface area contributed by atoms with Crippen LogP contribution in [0.2, 0.25) is 0 Å². The molecule has 2 aliphatic rings. The van der Waals surface area contributed by atoms with Crippen molar-refractivity contribution >= 4 is 0 Å². The van der Waals surface area contributed by atoms with Crippen molar-refractivity contribution < 1.29 is 4.74 Å². The molecule has 1 heterocycles. The molecule has 0 unspecified atom stereocenters. The van der Waals surface area contributed by atoms with Crippen molar-refractivity contribution in [2.24, 2.45) is 0 Å². The highest BCUT2D eigenvalue weighted by atomic mass is 16.5. The Morgan fingerprint density at radius 3 is 2.60 bits per heavy atom. The Kier molecular flexibility index (Phi) is 3.31. The summed E-state index contributed by atoms with van der Waals surface area (Å²) in [6, 6.07) is 0. The van der Waals surface area contributed by atoms with Crippen molar-refractivity contribution in [3.63, 3.8) is 0 Å². The number of methoxy groups -OCH3 is 1. The minimum atomic E-state index is 1.06. The lowest BCUT2D eigenvalue weighted by atomic mass is 10.1. The summed E-state index contributed by atoms with van der Waals surface area (Å²) < 4.78 is 5.42. The Morgan fingerprint density at radius 1 is 1.20 bits per heavy atom. The van der Waals surface area contributed by atoms with Crippen LogP contribution < -0.4 is 0 Å². The average Bonchev–Trinajstić information content (AvgIpc) is 2.30. The number of rotatable bonds is 2. The molecule has 0 N–H and O–H groups in total. The minimum Gasteiger partial charge on any atom is -0.495 e. The SMILES string of the molecule is COC1=C(N2CCN(C)CC2)CCC=C1. The van der Waals surface area contributed by atoms with Crippen LogP contribution in [0, 0.1) is 0 Å². The summed E-state index contributed by atoms with van der Waals surface area (Å²) in [5.41, 5.74) is 1.40. The molecule has 15 heavy (non-hydrogen) atoms. The van der Waals surface area contributed by atoms with Gasteiger partial charge >= 0.3 is 0 Å². The molecule has 0 spiro atoms. The fourth-order valence-corrected chi connectivity index (χ4v) is 2.21. The molecule has 1 saturated heterocycles. The Morgan fingerprint density at radius 2 is 1.93 bits per heavy atom. The van der Waals surface area contributed by atoms with Gasteiger partial charge < -0.3 is 14.5 Å². The van der Waals surface area contributed by atoms with E-state index >= 15 is 0 Å². The molecule has 0 radical (unpaired) electrons. The Balaban J connectivity index is 2.08. The third-order valence-electron chi connectivity index (χ3n) is 3.21. The molecule has 0 aromatic rings. The fourth-order valence-electron chi connectivity index (χ4n) is 2.21. The molecule has 1 aliphatic heterocycles. The van der Waals surface area contributed by atoms with Crippen LogP contribution in [0.4, 0.5) is 0 Å². The first-order chi connectivity index (χ1) is 7.31. The quantitative estimate of drug-likeness (QED) is 0.683. The van der Waals surface area contributed by atoms with Gasteiger partial charge in [-0.25, -0.2) is 0 Å². The van der Waals surface area contributed by atoms with Crippen molar-refractivity contribution in [2.45, 2.75) is 12.8 Å². The molecule has 0 amide bonds. The number of likely N-dealkylation sites (N-methyl/N-ethyl adjacent to an activating group) is 1.